The molecular weight excluding hydrogens is 242 g/mol. The minimum absolute atomic E-state index is 0.0350. The molecule has 1 aliphatic heterocycles. The topological polar surface area (TPSA) is 77.8 Å². The van der Waals surface area contributed by atoms with Crippen LogP contribution in [0.2, 0.25) is 0 Å². The van der Waals surface area contributed by atoms with Crippen LogP contribution in [0.25, 0.3) is 0 Å². The monoisotopic (exact) mass is 261 g/mol. The molecule has 1 amide bonds. The maximum absolute atomic E-state index is 11.9. The highest BCUT2D eigenvalue weighted by Gasteiger charge is 2.38. The molecule has 1 saturated heterocycles. The summed E-state index contributed by atoms with van der Waals surface area (Å²) in [5.41, 5.74) is 0. The Labute approximate surface area is 105 Å². The number of carboxylic acid groups (broad SMARTS) is 1. The van der Waals surface area contributed by atoms with Crippen molar-refractivity contribution in [1.82, 2.24) is 4.90 Å². The quantitative estimate of drug-likeness (QED) is 0.776. The number of carbonyl (C=O) groups is 2. The van der Waals surface area contributed by atoms with Gasteiger partial charge in [-0.1, -0.05) is 20.8 Å². The van der Waals surface area contributed by atoms with Gasteiger partial charge >= 0.3 is 5.97 Å². The molecule has 2 N–H and O–H groups in total. The van der Waals surface area contributed by atoms with E-state index in [1.807, 2.05) is 20.8 Å². The molecule has 17 heavy (non-hydrogen) atoms. The van der Waals surface area contributed by atoms with Crippen LogP contribution in [0.5, 0.6) is 0 Å². The van der Waals surface area contributed by atoms with E-state index in [0.29, 0.717) is 0 Å². The van der Waals surface area contributed by atoms with Crippen molar-refractivity contribution in [2.75, 3.05) is 12.3 Å². The molecule has 2 atom stereocenters. The molecule has 2 unspecified atom stereocenters. The second-order valence-corrected chi connectivity index (χ2v) is 6.99. The number of amides is 1. The molecule has 1 rings (SSSR count). The van der Waals surface area contributed by atoms with Crippen molar-refractivity contribution in [3.05, 3.63) is 0 Å². The van der Waals surface area contributed by atoms with Gasteiger partial charge in [-0.2, -0.15) is 0 Å². The van der Waals surface area contributed by atoms with Gasteiger partial charge in [-0.15, -0.1) is 11.8 Å². The van der Waals surface area contributed by atoms with E-state index in [2.05, 4.69) is 0 Å². The van der Waals surface area contributed by atoms with E-state index in [0.717, 1.165) is 0 Å². The minimum Gasteiger partial charge on any atom is -0.480 e. The minimum atomic E-state index is -1.05. The number of thioether (sulfide) groups is 1. The number of likely N-dealkylation sites (tertiary alicyclic amines) is 1. The van der Waals surface area contributed by atoms with Crippen molar-refractivity contribution in [2.24, 2.45) is 0 Å². The average molecular weight is 261 g/mol. The summed E-state index contributed by atoms with van der Waals surface area (Å²) in [6, 6.07) is -0.877. The second-order valence-electron chi connectivity index (χ2n) is 5.19. The van der Waals surface area contributed by atoms with E-state index in [1.165, 1.54) is 16.7 Å². The fraction of sp³-hybridized carbons (Fsp3) is 0.818. The lowest BCUT2D eigenvalue weighted by molar-refractivity contribution is -0.147. The molecule has 5 nitrogen and oxygen atoms in total. The highest BCUT2D eigenvalue weighted by Crippen LogP contribution is 2.25. The molecule has 1 aliphatic rings. The van der Waals surface area contributed by atoms with Crippen molar-refractivity contribution in [3.8, 4) is 0 Å². The fourth-order valence-electron chi connectivity index (χ4n) is 1.68. The number of aliphatic hydroxyl groups is 1. The molecule has 0 radical (unpaired) electrons. The van der Waals surface area contributed by atoms with Crippen LogP contribution in [0.4, 0.5) is 0 Å². The Morgan fingerprint density at radius 2 is 2.00 bits per heavy atom. The van der Waals surface area contributed by atoms with Gasteiger partial charge in [0.25, 0.3) is 0 Å². The highest BCUT2D eigenvalue weighted by molar-refractivity contribution is 8.01. The maximum Gasteiger partial charge on any atom is 0.326 e. The molecule has 0 saturated carbocycles. The Kier molecular flexibility index (Phi) is 4.43. The maximum atomic E-state index is 11.9. The summed E-state index contributed by atoms with van der Waals surface area (Å²) in [6.07, 6.45) is -0.596. The molecule has 1 fully saturated rings. The molecule has 0 bridgehead atoms. The number of nitrogens with zero attached hydrogens (tertiary/aromatic N) is 1. The number of aliphatic hydroxyl groups excluding tert-OH is 1. The molecular formula is C11H19NO4S. The van der Waals surface area contributed by atoms with Crippen molar-refractivity contribution >= 4 is 23.6 Å². The molecule has 0 spiro atoms. The first-order valence-corrected chi connectivity index (χ1v) is 6.53. The predicted molar refractivity (Wildman–Crippen MR) is 66.0 cm³/mol. The Balaban J connectivity index is 2.59. The highest BCUT2D eigenvalue weighted by atomic mass is 32.2. The van der Waals surface area contributed by atoms with Gasteiger partial charge in [-0.25, -0.2) is 4.79 Å². The SMILES string of the molecule is CC(C)(C)SCC(=O)N1CC(O)CC1C(=O)O. The lowest BCUT2D eigenvalue weighted by atomic mass is 10.2. The first kappa shape index (κ1) is 14.3. The summed E-state index contributed by atoms with van der Waals surface area (Å²) in [5, 5.41) is 18.4. The second kappa shape index (κ2) is 5.27. The smallest absolute Gasteiger partial charge is 0.326 e. The van der Waals surface area contributed by atoms with Crippen LogP contribution in [-0.4, -0.2) is 56.2 Å². The van der Waals surface area contributed by atoms with Crippen molar-refractivity contribution in [2.45, 2.75) is 44.1 Å². The lowest BCUT2D eigenvalue weighted by Gasteiger charge is -2.23. The van der Waals surface area contributed by atoms with Gasteiger partial charge in [0.2, 0.25) is 5.91 Å². The number of carboxylic acids is 1. The van der Waals surface area contributed by atoms with Crippen LogP contribution in [0, 0.1) is 0 Å². The van der Waals surface area contributed by atoms with Crippen LogP contribution in [0.15, 0.2) is 0 Å². The number of aliphatic carboxylic acids is 1. The number of hydrogen-bond donors (Lipinski definition) is 2. The number of carbonyl (C=O) groups excluding carboxylic acids is 1. The van der Waals surface area contributed by atoms with Crippen LogP contribution in [0.3, 0.4) is 0 Å². The zero-order valence-corrected chi connectivity index (χ0v) is 11.2. The summed E-state index contributed by atoms with van der Waals surface area (Å²) >= 11 is 1.48. The van der Waals surface area contributed by atoms with Crippen molar-refractivity contribution in [3.63, 3.8) is 0 Å². The Bertz CT molecular complexity index is 313. The molecule has 1 heterocycles. The summed E-state index contributed by atoms with van der Waals surface area (Å²) in [7, 11) is 0. The van der Waals surface area contributed by atoms with E-state index < -0.39 is 18.1 Å². The van der Waals surface area contributed by atoms with Crippen molar-refractivity contribution in [1.29, 1.82) is 0 Å². The molecule has 0 aromatic heterocycles. The van der Waals surface area contributed by atoms with E-state index in [4.69, 9.17) is 5.11 Å². The number of rotatable bonds is 3. The molecule has 6 heteroatoms. The van der Waals surface area contributed by atoms with Gasteiger partial charge in [0.05, 0.1) is 11.9 Å². The Hall–Kier alpha value is -0.750. The van der Waals surface area contributed by atoms with E-state index in [9.17, 15) is 14.7 Å². The molecule has 98 valence electrons. The normalized spacial score (nSPS) is 25.1. The van der Waals surface area contributed by atoms with Gasteiger partial charge in [-0.3, -0.25) is 4.79 Å². The zero-order chi connectivity index (χ0) is 13.2. The van der Waals surface area contributed by atoms with Crippen LogP contribution in [0.1, 0.15) is 27.2 Å². The molecule has 0 aliphatic carbocycles. The standard InChI is InChI=1S/C11H19NO4S/c1-11(2,3)17-6-9(14)12-5-7(13)4-8(12)10(15)16/h7-8,13H,4-6H2,1-3H3,(H,15,16). The number of hydrogen-bond acceptors (Lipinski definition) is 4. The van der Waals surface area contributed by atoms with Gasteiger partial charge in [-0.05, 0) is 0 Å². The lowest BCUT2D eigenvalue weighted by Crippen LogP contribution is -2.42. The van der Waals surface area contributed by atoms with Gasteiger partial charge < -0.3 is 15.1 Å². The summed E-state index contributed by atoms with van der Waals surface area (Å²) in [4.78, 5) is 24.1. The summed E-state index contributed by atoms with van der Waals surface area (Å²) < 4.78 is -0.0350. The molecule has 0 aromatic rings. The third-order valence-corrected chi connectivity index (χ3v) is 3.77. The first-order chi connectivity index (χ1) is 7.70. The van der Waals surface area contributed by atoms with Crippen LogP contribution < -0.4 is 0 Å². The van der Waals surface area contributed by atoms with E-state index in [1.54, 1.807) is 0 Å². The van der Waals surface area contributed by atoms with Crippen LogP contribution >= 0.6 is 11.8 Å². The Morgan fingerprint density at radius 3 is 2.47 bits per heavy atom. The zero-order valence-electron chi connectivity index (χ0n) is 10.3. The summed E-state index contributed by atoms with van der Waals surface area (Å²) in [6.45, 7) is 6.12. The fourth-order valence-corrected chi connectivity index (χ4v) is 2.41. The largest absolute Gasteiger partial charge is 0.480 e. The summed E-state index contributed by atoms with van der Waals surface area (Å²) in [5.74, 6) is -1.01. The number of β-amino-alcohol motifs (C(OH)–C–C–N with tert-alkyl or cyclic N) is 1. The van der Waals surface area contributed by atoms with E-state index >= 15 is 0 Å². The van der Waals surface area contributed by atoms with Gasteiger partial charge in [0, 0.05) is 17.7 Å². The van der Waals surface area contributed by atoms with E-state index in [-0.39, 0.29) is 29.4 Å². The predicted octanol–water partition coefficient (Wildman–Crippen LogP) is 0.565. The third kappa shape index (κ3) is 4.20. The van der Waals surface area contributed by atoms with Gasteiger partial charge in [0.1, 0.15) is 6.04 Å². The van der Waals surface area contributed by atoms with Crippen LogP contribution in [-0.2, 0) is 9.59 Å². The first-order valence-electron chi connectivity index (χ1n) is 5.55. The third-order valence-electron chi connectivity index (χ3n) is 2.51. The van der Waals surface area contributed by atoms with Crippen molar-refractivity contribution < 1.29 is 19.8 Å². The Morgan fingerprint density at radius 1 is 1.41 bits per heavy atom. The average Bonchev–Trinajstić information content (AvgIpc) is 2.55. The van der Waals surface area contributed by atoms with Gasteiger partial charge in [0.15, 0.2) is 0 Å². The molecule has 0 aromatic carbocycles.